The predicted molar refractivity (Wildman–Crippen MR) is 110 cm³/mol. The van der Waals surface area contributed by atoms with Gasteiger partial charge in [0.25, 0.3) is 0 Å². The highest BCUT2D eigenvalue weighted by atomic mass is 16.5. The summed E-state index contributed by atoms with van der Waals surface area (Å²) in [6.07, 6.45) is 3.47. The molecule has 0 aliphatic rings. The number of carboxylic acid groups (broad SMARTS) is 1. The second-order valence-electron chi connectivity index (χ2n) is 6.88. The van der Waals surface area contributed by atoms with Crippen LogP contribution in [0.4, 0.5) is 0 Å². The van der Waals surface area contributed by atoms with Crippen molar-refractivity contribution in [1.82, 2.24) is 4.98 Å². The summed E-state index contributed by atoms with van der Waals surface area (Å²) in [6.45, 7) is 2.28. The van der Waals surface area contributed by atoms with Crippen molar-refractivity contribution in [3.63, 3.8) is 0 Å². The Hall–Kier alpha value is -3.47. The highest BCUT2D eigenvalue weighted by Gasteiger charge is 2.24. The third-order valence-electron chi connectivity index (χ3n) is 4.77. The number of Topliss-reactive ketones (excluding diaryl/α,β-unsaturated/α-hetero) is 1. The average molecular weight is 389 g/mol. The van der Waals surface area contributed by atoms with Gasteiger partial charge in [0.05, 0.1) is 0 Å². The van der Waals surface area contributed by atoms with Crippen molar-refractivity contribution in [2.24, 2.45) is 0 Å². The lowest BCUT2D eigenvalue weighted by atomic mass is 9.85. The first-order valence-electron chi connectivity index (χ1n) is 9.48. The lowest BCUT2D eigenvalue weighted by molar-refractivity contribution is -0.137. The van der Waals surface area contributed by atoms with Crippen molar-refractivity contribution in [1.29, 1.82) is 0 Å². The molecule has 0 amide bonds. The third kappa shape index (κ3) is 5.51. The molecule has 0 bridgehead atoms. The maximum Gasteiger partial charge on any atom is 0.303 e. The molecule has 5 nitrogen and oxygen atoms in total. The van der Waals surface area contributed by atoms with Crippen LogP contribution in [0.25, 0.3) is 0 Å². The van der Waals surface area contributed by atoms with Gasteiger partial charge in [0.15, 0.2) is 5.78 Å². The van der Waals surface area contributed by atoms with Gasteiger partial charge >= 0.3 is 5.97 Å². The molecule has 1 N–H and O–H groups in total. The molecule has 0 aliphatic carbocycles. The molecule has 1 aromatic heterocycles. The summed E-state index contributed by atoms with van der Waals surface area (Å²) >= 11 is 0. The van der Waals surface area contributed by atoms with Crippen molar-refractivity contribution in [3.8, 4) is 5.75 Å². The molecule has 3 aromatic rings. The molecule has 0 saturated heterocycles. The quantitative estimate of drug-likeness (QED) is 0.532. The van der Waals surface area contributed by atoms with Crippen LogP contribution in [0.1, 0.15) is 45.8 Å². The van der Waals surface area contributed by atoms with E-state index in [1.54, 1.807) is 36.7 Å². The number of pyridine rings is 1. The number of aromatic nitrogens is 1. The van der Waals surface area contributed by atoms with E-state index in [9.17, 15) is 9.59 Å². The fraction of sp³-hybridized carbons (Fsp3) is 0.208. The van der Waals surface area contributed by atoms with E-state index < -0.39 is 11.9 Å². The summed E-state index contributed by atoms with van der Waals surface area (Å²) in [5.41, 5.74) is 3.22. The number of hydrogen-bond acceptors (Lipinski definition) is 4. The minimum Gasteiger partial charge on any atom is -0.489 e. The number of benzene rings is 2. The molecule has 148 valence electrons. The van der Waals surface area contributed by atoms with Gasteiger partial charge in [0, 0.05) is 30.3 Å². The zero-order chi connectivity index (χ0) is 20.6. The SMILES string of the molecule is Cc1cnccc1C(CCC(=O)O)C(=O)c1cccc(OCc2ccccc2)c1. The summed E-state index contributed by atoms with van der Waals surface area (Å²) in [5.74, 6) is -0.984. The number of nitrogens with zero attached hydrogens (tertiary/aromatic N) is 1. The molecular weight excluding hydrogens is 366 g/mol. The molecule has 2 aromatic carbocycles. The van der Waals surface area contributed by atoms with Crippen LogP contribution in [0.15, 0.2) is 73.1 Å². The van der Waals surface area contributed by atoms with E-state index in [0.29, 0.717) is 17.9 Å². The van der Waals surface area contributed by atoms with E-state index in [0.717, 1.165) is 16.7 Å². The number of carbonyl (C=O) groups is 2. The third-order valence-corrected chi connectivity index (χ3v) is 4.77. The molecule has 0 radical (unpaired) electrons. The topological polar surface area (TPSA) is 76.5 Å². The lowest BCUT2D eigenvalue weighted by Crippen LogP contribution is -2.16. The Morgan fingerprint density at radius 3 is 2.59 bits per heavy atom. The maximum atomic E-state index is 13.3. The van der Waals surface area contributed by atoms with E-state index >= 15 is 0 Å². The van der Waals surface area contributed by atoms with Crippen LogP contribution in [-0.4, -0.2) is 21.8 Å². The number of carbonyl (C=O) groups excluding carboxylic acids is 1. The van der Waals surface area contributed by atoms with Gasteiger partial charge in [-0.2, -0.15) is 0 Å². The summed E-state index contributed by atoms with van der Waals surface area (Å²) < 4.78 is 5.83. The van der Waals surface area contributed by atoms with Crippen molar-refractivity contribution in [2.75, 3.05) is 0 Å². The van der Waals surface area contributed by atoms with Crippen molar-refractivity contribution in [2.45, 2.75) is 32.3 Å². The van der Waals surface area contributed by atoms with Gasteiger partial charge < -0.3 is 9.84 Å². The molecule has 1 unspecified atom stereocenters. The molecule has 0 aliphatic heterocycles. The van der Waals surface area contributed by atoms with Crippen LogP contribution in [0.5, 0.6) is 5.75 Å². The first-order valence-corrected chi connectivity index (χ1v) is 9.48. The van der Waals surface area contributed by atoms with Crippen LogP contribution in [-0.2, 0) is 11.4 Å². The Balaban J connectivity index is 1.81. The zero-order valence-electron chi connectivity index (χ0n) is 16.2. The number of ketones is 1. The Morgan fingerprint density at radius 1 is 1.07 bits per heavy atom. The smallest absolute Gasteiger partial charge is 0.303 e. The molecule has 0 saturated carbocycles. The molecule has 29 heavy (non-hydrogen) atoms. The second-order valence-corrected chi connectivity index (χ2v) is 6.88. The fourth-order valence-corrected chi connectivity index (χ4v) is 3.25. The number of rotatable bonds is 9. The van der Waals surface area contributed by atoms with Crippen LogP contribution in [0, 0.1) is 6.92 Å². The Morgan fingerprint density at radius 2 is 1.86 bits per heavy atom. The van der Waals surface area contributed by atoms with Crippen molar-refractivity contribution >= 4 is 11.8 Å². The Kier molecular flexibility index (Phi) is 6.74. The van der Waals surface area contributed by atoms with Gasteiger partial charge in [-0.15, -0.1) is 0 Å². The van der Waals surface area contributed by atoms with Crippen LogP contribution in [0.2, 0.25) is 0 Å². The van der Waals surface area contributed by atoms with Gasteiger partial charge in [-0.05, 0) is 48.2 Å². The first-order chi connectivity index (χ1) is 14.0. The van der Waals surface area contributed by atoms with Gasteiger partial charge in [-0.25, -0.2) is 0 Å². The Labute approximate surface area is 170 Å². The first kappa shape index (κ1) is 20.3. The van der Waals surface area contributed by atoms with E-state index in [-0.39, 0.29) is 18.6 Å². The lowest BCUT2D eigenvalue weighted by Gasteiger charge is -2.18. The summed E-state index contributed by atoms with van der Waals surface area (Å²) in [4.78, 5) is 28.5. The predicted octanol–water partition coefficient (Wildman–Crippen LogP) is 4.80. The molecule has 3 rings (SSSR count). The zero-order valence-corrected chi connectivity index (χ0v) is 16.2. The number of ether oxygens (including phenoxy) is 1. The van der Waals surface area contributed by atoms with Crippen molar-refractivity contribution < 1.29 is 19.4 Å². The Bertz CT molecular complexity index is 985. The second kappa shape index (κ2) is 9.64. The standard InChI is InChI=1S/C24H23NO4/c1-17-15-25-13-12-21(17)22(10-11-23(26)27)24(28)19-8-5-9-20(14-19)29-16-18-6-3-2-4-7-18/h2-9,12-15,22H,10-11,16H2,1H3,(H,26,27). The molecule has 1 atom stereocenters. The van der Waals surface area contributed by atoms with E-state index in [1.165, 1.54) is 0 Å². The van der Waals surface area contributed by atoms with E-state index in [4.69, 9.17) is 9.84 Å². The number of carboxylic acids is 1. The van der Waals surface area contributed by atoms with Crippen LogP contribution in [0.3, 0.4) is 0 Å². The van der Waals surface area contributed by atoms with Gasteiger partial charge in [0.1, 0.15) is 12.4 Å². The molecule has 0 spiro atoms. The molecule has 5 heteroatoms. The highest BCUT2D eigenvalue weighted by Crippen LogP contribution is 2.29. The average Bonchev–Trinajstić information content (AvgIpc) is 2.74. The van der Waals surface area contributed by atoms with Crippen molar-refractivity contribution in [3.05, 3.63) is 95.3 Å². The maximum absolute atomic E-state index is 13.3. The van der Waals surface area contributed by atoms with Gasteiger partial charge in [-0.1, -0.05) is 42.5 Å². The van der Waals surface area contributed by atoms with E-state index in [2.05, 4.69) is 4.98 Å². The molecule has 1 heterocycles. The minimum absolute atomic E-state index is 0.0810. The van der Waals surface area contributed by atoms with E-state index in [1.807, 2.05) is 43.3 Å². The minimum atomic E-state index is -0.922. The molecular formula is C24H23NO4. The van der Waals surface area contributed by atoms with Gasteiger partial charge in [-0.3, -0.25) is 14.6 Å². The summed E-state index contributed by atoms with van der Waals surface area (Å²) in [6, 6.07) is 18.6. The van der Waals surface area contributed by atoms with Crippen LogP contribution >= 0.6 is 0 Å². The summed E-state index contributed by atoms with van der Waals surface area (Å²) in [5, 5.41) is 9.11. The molecule has 0 fully saturated rings. The van der Waals surface area contributed by atoms with Gasteiger partial charge in [0.2, 0.25) is 0 Å². The normalized spacial score (nSPS) is 11.6. The van der Waals surface area contributed by atoms with Crippen LogP contribution < -0.4 is 4.74 Å². The summed E-state index contributed by atoms with van der Waals surface area (Å²) in [7, 11) is 0. The fourth-order valence-electron chi connectivity index (χ4n) is 3.25. The monoisotopic (exact) mass is 389 g/mol. The number of hydrogen-bond donors (Lipinski definition) is 1. The largest absolute Gasteiger partial charge is 0.489 e. The number of aliphatic carboxylic acids is 1. The number of aryl methyl sites for hydroxylation is 1. The highest BCUT2D eigenvalue weighted by molar-refractivity contribution is 6.01.